The summed E-state index contributed by atoms with van der Waals surface area (Å²) in [6, 6.07) is 5.42. The van der Waals surface area contributed by atoms with Crippen LogP contribution in [0.15, 0.2) is 18.2 Å². The van der Waals surface area contributed by atoms with E-state index >= 15 is 0 Å². The van der Waals surface area contributed by atoms with Gasteiger partial charge in [0.2, 0.25) is 0 Å². The van der Waals surface area contributed by atoms with Gasteiger partial charge in [0.05, 0.1) is 25.0 Å². The lowest BCUT2D eigenvalue weighted by molar-refractivity contribution is -0.135. The number of nitrogens with two attached hydrogens (primary N) is 2. The zero-order chi connectivity index (χ0) is 27.0. The van der Waals surface area contributed by atoms with Crippen molar-refractivity contribution in [1.82, 2.24) is 0 Å². The Morgan fingerprint density at radius 3 is 2.38 bits per heavy atom. The fourth-order valence-electron chi connectivity index (χ4n) is 9.26. The van der Waals surface area contributed by atoms with Crippen LogP contribution in [0.5, 0.6) is 5.75 Å². The van der Waals surface area contributed by atoms with Crippen LogP contribution in [0.4, 0.5) is 11.4 Å². The van der Waals surface area contributed by atoms with Gasteiger partial charge in [-0.05, 0) is 104 Å². The maximum absolute atomic E-state index is 13.6. The number of hydrogen-bond donors (Lipinski definition) is 2. The summed E-state index contributed by atoms with van der Waals surface area (Å²) < 4.78 is 9.58. The van der Waals surface area contributed by atoms with Crippen LogP contribution in [0.3, 0.4) is 0 Å². The van der Waals surface area contributed by atoms with Crippen molar-refractivity contribution >= 4 is 17.2 Å². The summed E-state index contributed by atoms with van der Waals surface area (Å²) in [5, 5.41) is 1.53. The van der Waals surface area contributed by atoms with Crippen molar-refractivity contribution in [2.75, 3.05) is 38.6 Å². The predicted molar refractivity (Wildman–Crippen MR) is 151 cm³/mol. The molecule has 37 heavy (non-hydrogen) atoms. The molecule has 0 bridgehead atoms. The molecule has 4 aliphatic rings. The van der Waals surface area contributed by atoms with Crippen molar-refractivity contribution < 1.29 is 14.3 Å². The maximum Gasteiger partial charge on any atom is 0.157 e. The van der Waals surface area contributed by atoms with Gasteiger partial charge in [0.1, 0.15) is 5.75 Å². The third-order valence-electron chi connectivity index (χ3n) is 11.2. The van der Waals surface area contributed by atoms with Crippen molar-refractivity contribution in [2.24, 2.45) is 52.2 Å². The largest absolute Gasteiger partial charge is 0.497 e. The molecule has 6 heteroatoms. The lowest BCUT2D eigenvalue weighted by Gasteiger charge is -2.61. The Kier molecular flexibility index (Phi) is 8.49. The maximum atomic E-state index is 13.6. The zero-order valence-corrected chi connectivity index (χ0v) is 24.1. The number of carbonyl (C=O) groups excluding carboxylic acids is 1. The molecule has 0 radical (unpaired) electrons. The van der Waals surface area contributed by atoms with Crippen LogP contribution in [-0.4, -0.2) is 33.7 Å². The molecule has 4 fully saturated rings. The normalized spacial score (nSPS) is 38.4. The van der Waals surface area contributed by atoms with E-state index in [1.54, 1.807) is 27.4 Å². The Morgan fingerprint density at radius 2 is 1.68 bits per heavy atom. The minimum absolute atomic E-state index is 0.105. The summed E-state index contributed by atoms with van der Waals surface area (Å²) in [5.41, 5.74) is 8.03. The van der Waals surface area contributed by atoms with Gasteiger partial charge in [-0.25, -0.2) is 5.84 Å². The first-order valence-corrected chi connectivity index (χ1v) is 14.5. The third kappa shape index (κ3) is 5.13. The van der Waals surface area contributed by atoms with Crippen molar-refractivity contribution in [1.29, 1.82) is 0 Å². The molecule has 0 spiro atoms. The van der Waals surface area contributed by atoms with E-state index in [1.807, 2.05) is 12.1 Å². The lowest BCUT2D eigenvalue weighted by Crippen LogP contribution is -2.54. The highest BCUT2D eigenvalue weighted by atomic mass is 16.5. The van der Waals surface area contributed by atoms with Crippen LogP contribution in [0.25, 0.3) is 0 Å². The molecule has 8 atom stereocenters. The van der Waals surface area contributed by atoms with Crippen molar-refractivity contribution in [3.8, 4) is 5.75 Å². The van der Waals surface area contributed by atoms with E-state index in [1.165, 1.54) is 56.4 Å². The summed E-state index contributed by atoms with van der Waals surface area (Å²) in [5.74, 6) is 11.6. The number of nitrogens with zero attached hydrogens (tertiary/aromatic N) is 1. The SMILES string of the molecule is COC.COc1ccc(N)c(N(N)CC(=O)C2CCC3C4CCC5CC(C)CCC5(C)C4CCC23C)c1. The van der Waals surface area contributed by atoms with Gasteiger partial charge in [-0.15, -0.1) is 0 Å². The first-order chi connectivity index (χ1) is 17.6. The minimum Gasteiger partial charge on any atom is -0.497 e. The number of methoxy groups -OCH3 is 2. The molecular weight excluding hydrogens is 462 g/mol. The first kappa shape index (κ1) is 28.2. The Morgan fingerprint density at radius 1 is 1.00 bits per heavy atom. The number of carbonyl (C=O) groups is 1. The topological polar surface area (TPSA) is 90.8 Å². The molecule has 1 aromatic rings. The summed E-state index contributed by atoms with van der Waals surface area (Å²) in [7, 11) is 4.87. The van der Waals surface area contributed by atoms with Crippen LogP contribution in [-0.2, 0) is 9.53 Å². The molecule has 0 amide bonds. The average Bonchev–Trinajstić information content (AvgIpc) is 3.22. The quantitative estimate of drug-likeness (QED) is 0.281. The number of fused-ring (bicyclic) bond motifs is 5. The van der Waals surface area contributed by atoms with E-state index in [-0.39, 0.29) is 23.7 Å². The monoisotopic (exact) mass is 513 g/mol. The summed E-state index contributed by atoms with van der Waals surface area (Å²) in [6.07, 6.45) is 11.7. The van der Waals surface area contributed by atoms with Gasteiger partial charge < -0.3 is 20.2 Å². The second-order valence-corrected chi connectivity index (χ2v) is 13.1. The van der Waals surface area contributed by atoms with Crippen LogP contribution in [0.1, 0.15) is 78.6 Å². The Labute approximate surface area is 224 Å². The van der Waals surface area contributed by atoms with E-state index in [4.69, 9.17) is 16.3 Å². The highest BCUT2D eigenvalue weighted by Gasteiger charge is 2.61. The van der Waals surface area contributed by atoms with Crippen LogP contribution < -0.4 is 21.3 Å². The van der Waals surface area contributed by atoms with E-state index < -0.39 is 0 Å². The third-order valence-corrected chi connectivity index (χ3v) is 11.2. The highest BCUT2D eigenvalue weighted by molar-refractivity contribution is 5.87. The second-order valence-electron chi connectivity index (χ2n) is 13.1. The Balaban J connectivity index is 0.00000102. The lowest BCUT2D eigenvalue weighted by atomic mass is 9.44. The molecule has 6 nitrogen and oxygen atoms in total. The fourth-order valence-corrected chi connectivity index (χ4v) is 9.26. The van der Waals surface area contributed by atoms with Gasteiger partial charge in [0.25, 0.3) is 0 Å². The molecule has 8 unspecified atom stereocenters. The molecule has 208 valence electrons. The molecule has 0 saturated heterocycles. The van der Waals surface area contributed by atoms with Gasteiger partial charge in [0.15, 0.2) is 5.78 Å². The molecule has 1 aromatic carbocycles. The number of hydrogen-bond acceptors (Lipinski definition) is 6. The molecule has 4 aliphatic carbocycles. The van der Waals surface area contributed by atoms with Crippen molar-refractivity contribution in [3.63, 3.8) is 0 Å². The number of nitrogen functional groups attached to an aromatic ring is 1. The summed E-state index contributed by atoms with van der Waals surface area (Å²) in [6.45, 7) is 7.72. The van der Waals surface area contributed by atoms with Crippen LogP contribution in [0.2, 0.25) is 0 Å². The minimum atomic E-state index is 0.105. The second kappa shape index (κ2) is 11.1. The first-order valence-electron chi connectivity index (χ1n) is 14.5. The summed E-state index contributed by atoms with van der Waals surface area (Å²) >= 11 is 0. The molecule has 5 rings (SSSR count). The summed E-state index contributed by atoms with van der Waals surface area (Å²) in [4.78, 5) is 13.6. The molecule has 0 aliphatic heterocycles. The Bertz CT molecular complexity index is 954. The van der Waals surface area contributed by atoms with E-state index in [0.29, 0.717) is 28.5 Å². The number of hydrazine groups is 1. The van der Waals surface area contributed by atoms with Gasteiger partial charge in [-0.1, -0.05) is 27.2 Å². The number of Topliss-reactive ketones (excluding diaryl/α,β-unsaturated/α-hetero) is 1. The van der Waals surface area contributed by atoms with E-state index in [2.05, 4.69) is 25.5 Å². The van der Waals surface area contributed by atoms with E-state index in [9.17, 15) is 4.79 Å². The smallest absolute Gasteiger partial charge is 0.157 e. The van der Waals surface area contributed by atoms with Crippen molar-refractivity contribution in [2.45, 2.75) is 78.6 Å². The van der Waals surface area contributed by atoms with Crippen molar-refractivity contribution in [3.05, 3.63) is 18.2 Å². The van der Waals surface area contributed by atoms with Gasteiger partial charge >= 0.3 is 0 Å². The zero-order valence-electron chi connectivity index (χ0n) is 24.1. The van der Waals surface area contributed by atoms with Gasteiger partial charge in [0, 0.05) is 26.2 Å². The van der Waals surface area contributed by atoms with Gasteiger partial charge in [-0.3, -0.25) is 4.79 Å². The van der Waals surface area contributed by atoms with Gasteiger partial charge in [-0.2, -0.15) is 0 Å². The average molecular weight is 514 g/mol. The number of anilines is 2. The molecule has 0 aromatic heterocycles. The molecule has 0 heterocycles. The Hall–Kier alpha value is -1.79. The van der Waals surface area contributed by atoms with Crippen LogP contribution >= 0.6 is 0 Å². The molecule has 4 N–H and O–H groups in total. The van der Waals surface area contributed by atoms with E-state index in [0.717, 1.165) is 30.1 Å². The molecule has 4 saturated carbocycles. The number of benzene rings is 1. The molecular formula is C31H51N3O3. The highest BCUT2D eigenvalue weighted by Crippen LogP contribution is 2.67. The number of rotatable bonds is 5. The van der Waals surface area contributed by atoms with Crippen LogP contribution in [0, 0.1) is 46.3 Å². The predicted octanol–water partition coefficient (Wildman–Crippen LogP) is 6.08. The fraction of sp³-hybridized carbons (Fsp3) is 0.774. The number of ether oxygens (including phenoxy) is 2. The number of ketones is 1. The standard InChI is InChI=1S/C29H45N3O2.C2H6O/c1-18-11-13-28(2)19(15-18)5-7-21-22-8-9-24(29(22,3)14-12-23(21)28)27(33)17-32(31)26-16-20(34-4)6-10-25(26)30;1-3-2/h6,10,16,18-19,21-24H,5,7-9,11-15,17,30-31H2,1-4H3;1-2H3.